The second-order valence-electron chi connectivity index (χ2n) is 3.89. The Hall–Kier alpha value is -2.02. The zero-order valence-electron chi connectivity index (χ0n) is 10.3. The maximum absolute atomic E-state index is 10.8. The van der Waals surface area contributed by atoms with E-state index >= 15 is 0 Å². The van der Waals surface area contributed by atoms with E-state index in [0.717, 1.165) is 22.4 Å². The number of nitriles is 1. The second kappa shape index (κ2) is 5.90. The number of rotatable bonds is 4. The van der Waals surface area contributed by atoms with Crippen molar-refractivity contribution in [3.63, 3.8) is 0 Å². The van der Waals surface area contributed by atoms with Gasteiger partial charge < -0.3 is 10.1 Å². The molecule has 0 saturated carbocycles. The van der Waals surface area contributed by atoms with E-state index < -0.39 is 5.91 Å². The van der Waals surface area contributed by atoms with E-state index in [1.165, 1.54) is 6.07 Å². The van der Waals surface area contributed by atoms with E-state index in [0.29, 0.717) is 13.0 Å². The number of carbonyl (C=O) groups excluding carboxylic acids is 1. The normalized spacial score (nSPS) is 9.53. The largest absolute Gasteiger partial charge is 0.496 e. The van der Waals surface area contributed by atoms with Crippen LogP contribution >= 0.6 is 0 Å². The summed E-state index contributed by atoms with van der Waals surface area (Å²) in [7, 11) is 1.63. The van der Waals surface area contributed by atoms with Gasteiger partial charge in [0.05, 0.1) is 7.11 Å². The molecule has 1 N–H and O–H groups in total. The third-order valence-electron chi connectivity index (χ3n) is 2.48. The molecule has 1 amide bonds. The van der Waals surface area contributed by atoms with Crippen molar-refractivity contribution in [2.24, 2.45) is 0 Å². The predicted molar refractivity (Wildman–Crippen MR) is 64.8 cm³/mol. The van der Waals surface area contributed by atoms with Crippen molar-refractivity contribution >= 4 is 5.91 Å². The number of aryl methyl sites for hydroxylation is 2. The molecule has 4 nitrogen and oxygen atoms in total. The summed E-state index contributed by atoms with van der Waals surface area (Å²) in [5.74, 6) is 0.246. The molecule has 1 aromatic rings. The van der Waals surface area contributed by atoms with Gasteiger partial charge in [-0.15, -0.1) is 0 Å². The van der Waals surface area contributed by atoms with Crippen molar-refractivity contribution < 1.29 is 9.53 Å². The van der Waals surface area contributed by atoms with Crippen LogP contribution in [0.5, 0.6) is 5.75 Å². The lowest BCUT2D eigenvalue weighted by Crippen LogP contribution is -2.24. The minimum absolute atomic E-state index is 0.436. The van der Waals surface area contributed by atoms with Gasteiger partial charge in [0.15, 0.2) is 6.07 Å². The molecule has 0 aliphatic rings. The summed E-state index contributed by atoms with van der Waals surface area (Å²) in [6.07, 6.45) is 0.652. The van der Waals surface area contributed by atoms with Crippen LogP contribution in [-0.4, -0.2) is 19.6 Å². The quantitative estimate of drug-likeness (QED) is 0.800. The molecule has 0 unspecified atom stereocenters. The zero-order valence-corrected chi connectivity index (χ0v) is 10.3. The van der Waals surface area contributed by atoms with Gasteiger partial charge >= 0.3 is 5.91 Å². The molecule has 0 spiro atoms. The highest BCUT2D eigenvalue weighted by Crippen LogP contribution is 2.25. The van der Waals surface area contributed by atoms with Crippen molar-refractivity contribution in [1.29, 1.82) is 5.26 Å². The van der Waals surface area contributed by atoms with Crippen LogP contribution in [0.15, 0.2) is 12.1 Å². The summed E-state index contributed by atoms with van der Waals surface area (Å²) in [6.45, 7) is 4.44. The number of hydrogen-bond donors (Lipinski definition) is 1. The summed E-state index contributed by atoms with van der Waals surface area (Å²) >= 11 is 0. The number of hydrogen-bond acceptors (Lipinski definition) is 3. The van der Waals surface area contributed by atoms with Gasteiger partial charge in [-0.1, -0.05) is 17.7 Å². The Morgan fingerprint density at radius 3 is 2.76 bits per heavy atom. The molecule has 0 bridgehead atoms. The van der Waals surface area contributed by atoms with E-state index in [1.807, 2.05) is 19.9 Å². The minimum atomic E-state index is -0.603. The highest BCUT2D eigenvalue weighted by atomic mass is 16.5. The first-order valence-corrected chi connectivity index (χ1v) is 5.40. The maximum Gasteiger partial charge on any atom is 0.322 e. The molecule has 1 aromatic carbocycles. The summed E-state index contributed by atoms with van der Waals surface area (Å²) in [4.78, 5) is 10.8. The molecule has 0 saturated heterocycles. The molecule has 0 fully saturated rings. The number of nitrogens with one attached hydrogen (secondary N) is 1. The molecule has 0 aliphatic carbocycles. The molecule has 17 heavy (non-hydrogen) atoms. The molecule has 0 heterocycles. The van der Waals surface area contributed by atoms with Crippen LogP contribution in [0.4, 0.5) is 0 Å². The van der Waals surface area contributed by atoms with Gasteiger partial charge in [0, 0.05) is 6.54 Å². The second-order valence-corrected chi connectivity index (χ2v) is 3.89. The molecule has 90 valence electrons. The van der Waals surface area contributed by atoms with Crippen LogP contribution in [0, 0.1) is 25.2 Å². The van der Waals surface area contributed by atoms with Gasteiger partial charge in [0.25, 0.3) is 0 Å². The number of benzene rings is 1. The lowest BCUT2D eigenvalue weighted by molar-refractivity contribution is -0.115. The predicted octanol–water partition coefficient (Wildman–Crippen LogP) is 1.49. The molecular weight excluding hydrogens is 216 g/mol. The Balaban J connectivity index is 2.77. The van der Waals surface area contributed by atoms with Gasteiger partial charge in [0.2, 0.25) is 0 Å². The number of methoxy groups -OCH3 is 1. The number of ether oxygens (including phenoxy) is 1. The Labute approximate surface area is 101 Å². The molecule has 0 atom stereocenters. The lowest BCUT2D eigenvalue weighted by atomic mass is 10.0. The van der Waals surface area contributed by atoms with Crippen LogP contribution in [0.1, 0.15) is 16.7 Å². The Bertz CT molecular complexity index is 461. The van der Waals surface area contributed by atoms with Crippen molar-refractivity contribution in [2.45, 2.75) is 20.3 Å². The first-order chi connectivity index (χ1) is 8.08. The number of carbonyl (C=O) groups is 1. The van der Waals surface area contributed by atoms with Crippen molar-refractivity contribution in [3.8, 4) is 11.8 Å². The average Bonchev–Trinajstić information content (AvgIpc) is 2.28. The van der Waals surface area contributed by atoms with Gasteiger partial charge in [-0.05, 0) is 31.4 Å². The first-order valence-electron chi connectivity index (χ1n) is 5.40. The first kappa shape index (κ1) is 13.0. The van der Waals surface area contributed by atoms with Crippen LogP contribution in [0.25, 0.3) is 0 Å². The smallest absolute Gasteiger partial charge is 0.322 e. The number of amides is 1. The van der Waals surface area contributed by atoms with E-state index in [2.05, 4.69) is 11.4 Å². The van der Waals surface area contributed by atoms with Crippen molar-refractivity contribution in [3.05, 3.63) is 28.8 Å². The minimum Gasteiger partial charge on any atom is -0.496 e. The van der Waals surface area contributed by atoms with Gasteiger partial charge in [-0.25, -0.2) is 0 Å². The summed E-state index contributed by atoms with van der Waals surface area (Å²) in [5, 5.41) is 10.8. The fourth-order valence-corrected chi connectivity index (χ4v) is 1.87. The Morgan fingerprint density at radius 2 is 2.18 bits per heavy atom. The van der Waals surface area contributed by atoms with Crippen molar-refractivity contribution in [2.75, 3.05) is 13.7 Å². The van der Waals surface area contributed by atoms with E-state index in [4.69, 9.17) is 10.00 Å². The van der Waals surface area contributed by atoms with Crippen molar-refractivity contribution in [1.82, 2.24) is 5.32 Å². The summed E-state index contributed by atoms with van der Waals surface area (Å²) in [5.41, 5.74) is 3.28. The average molecular weight is 232 g/mol. The summed E-state index contributed by atoms with van der Waals surface area (Å²) < 4.78 is 5.34. The molecule has 0 aliphatic heterocycles. The van der Waals surface area contributed by atoms with Crippen LogP contribution < -0.4 is 10.1 Å². The fraction of sp³-hybridized carbons (Fsp3) is 0.385. The standard InChI is InChI=1S/C13H16N2O2/c1-9-6-10(2)13(17-3)11(7-9)4-5-15-12(16)8-14/h6-7H,4-5H2,1-3H3,(H,15,16). The fourth-order valence-electron chi connectivity index (χ4n) is 1.87. The molecule has 1 rings (SSSR count). The van der Waals surface area contributed by atoms with Crippen LogP contribution in [0.2, 0.25) is 0 Å². The van der Waals surface area contributed by atoms with Gasteiger partial charge in [-0.3, -0.25) is 4.79 Å². The molecule has 0 radical (unpaired) electrons. The van der Waals surface area contributed by atoms with E-state index in [1.54, 1.807) is 7.11 Å². The maximum atomic E-state index is 10.8. The monoisotopic (exact) mass is 232 g/mol. The highest BCUT2D eigenvalue weighted by Gasteiger charge is 2.07. The molecule has 4 heteroatoms. The molecule has 0 aromatic heterocycles. The highest BCUT2D eigenvalue weighted by molar-refractivity contribution is 5.91. The van der Waals surface area contributed by atoms with Crippen LogP contribution in [0.3, 0.4) is 0 Å². The summed E-state index contributed by atoms with van der Waals surface area (Å²) in [6, 6.07) is 5.61. The molecular formula is C13H16N2O2. The third kappa shape index (κ3) is 3.49. The third-order valence-corrected chi connectivity index (χ3v) is 2.48. The number of nitrogens with zero attached hydrogens (tertiary/aromatic N) is 1. The SMILES string of the molecule is COc1c(C)cc(C)cc1CCNC(=O)C#N. The lowest BCUT2D eigenvalue weighted by Gasteiger charge is -2.12. The van der Waals surface area contributed by atoms with Gasteiger partial charge in [-0.2, -0.15) is 5.26 Å². The van der Waals surface area contributed by atoms with E-state index in [-0.39, 0.29) is 0 Å². The van der Waals surface area contributed by atoms with Gasteiger partial charge in [0.1, 0.15) is 5.75 Å². The Kier molecular flexibility index (Phi) is 4.53. The van der Waals surface area contributed by atoms with E-state index in [9.17, 15) is 4.79 Å². The Morgan fingerprint density at radius 1 is 1.47 bits per heavy atom. The topological polar surface area (TPSA) is 62.1 Å². The zero-order chi connectivity index (χ0) is 12.8. The van der Waals surface area contributed by atoms with Crippen LogP contribution in [-0.2, 0) is 11.2 Å².